The number of hydrogen-bond acceptors (Lipinski definition) is 5. The number of furan rings is 1. The molecule has 8 nitrogen and oxygen atoms in total. The first-order valence-corrected chi connectivity index (χ1v) is 9.47. The first-order valence-electron chi connectivity index (χ1n) is 9.47. The van der Waals surface area contributed by atoms with E-state index >= 15 is 0 Å². The maximum atomic E-state index is 12.8. The molecule has 0 aliphatic rings. The van der Waals surface area contributed by atoms with Crippen molar-refractivity contribution in [2.75, 3.05) is 0 Å². The zero-order valence-electron chi connectivity index (χ0n) is 16.4. The molecule has 4 aromatic rings. The summed E-state index contributed by atoms with van der Waals surface area (Å²) in [7, 11) is 0. The van der Waals surface area contributed by atoms with Gasteiger partial charge in [-0.05, 0) is 36.8 Å². The van der Waals surface area contributed by atoms with Gasteiger partial charge < -0.3 is 9.73 Å². The number of aromatic nitrogens is 3. The van der Waals surface area contributed by atoms with Crippen molar-refractivity contribution in [2.24, 2.45) is 0 Å². The summed E-state index contributed by atoms with van der Waals surface area (Å²) in [5, 5.41) is 2.70. The number of benzene rings is 1. The predicted octanol–water partition coefficient (Wildman–Crippen LogP) is 1.82. The van der Waals surface area contributed by atoms with Gasteiger partial charge in [-0.25, -0.2) is 4.98 Å². The second kappa shape index (κ2) is 8.20. The van der Waals surface area contributed by atoms with Gasteiger partial charge in [-0.15, -0.1) is 0 Å². The van der Waals surface area contributed by atoms with Gasteiger partial charge in [0.25, 0.3) is 0 Å². The third-order valence-electron chi connectivity index (χ3n) is 4.73. The number of fused-ring (bicyclic) bond motifs is 1. The maximum Gasteiger partial charge on any atom is 0.318 e. The third kappa shape index (κ3) is 3.93. The number of amides is 1. The van der Waals surface area contributed by atoms with E-state index in [1.165, 1.54) is 4.57 Å². The summed E-state index contributed by atoms with van der Waals surface area (Å²) < 4.78 is 7.92. The second-order valence-electron chi connectivity index (χ2n) is 6.90. The standard InChI is InChI=1S/C22H20N4O4/c1-15-9-10-17(30-15)12-24-19(27)14-25-18-8-5-11-23-20(18)26(22(29)21(25)28)13-16-6-3-2-4-7-16/h2-11H,12-14H2,1H3,(H,24,27). The van der Waals surface area contributed by atoms with Crippen molar-refractivity contribution in [3.63, 3.8) is 0 Å². The molecule has 0 aliphatic carbocycles. The zero-order chi connectivity index (χ0) is 21.1. The van der Waals surface area contributed by atoms with Crippen LogP contribution in [0.5, 0.6) is 0 Å². The fourth-order valence-electron chi connectivity index (χ4n) is 3.28. The van der Waals surface area contributed by atoms with Crippen LogP contribution in [-0.4, -0.2) is 20.0 Å². The molecule has 0 spiro atoms. The summed E-state index contributed by atoms with van der Waals surface area (Å²) in [6.45, 7) is 1.94. The Hall–Kier alpha value is -3.94. The highest BCUT2D eigenvalue weighted by Crippen LogP contribution is 2.10. The lowest BCUT2D eigenvalue weighted by atomic mass is 10.2. The Bertz CT molecular complexity index is 1320. The molecule has 0 saturated heterocycles. The molecule has 0 aliphatic heterocycles. The smallest absolute Gasteiger partial charge is 0.318 e. The van der Waals surface area contributed by atoms with E-state index < -0.39 is 17.0 Å². The number of pyridine rings is 1. The summed E-state index contributed by atoms with van der Waals surface area (Å²) >= 11 is 0. The van der Waals surface area contributed by atoms with Gasteiger partial charge in [0.1, 0.15) is 18.1 Å². The summed E-state index contributed by atoms with van der Waals surface area (Å²) in [5.41, 5.74) is 0.146. The number of nitrogens with one attached hydrogen (secondary N) is 1. The van der Waals surface area contributed by atoms with E-state index in [0.29, 0.717) is 16.9 Å². The van der Waals surface area contributed by atoms with Gasteiger partial charge in [-0.2, -0.15) is 0 Å². The van der Waals surface area contributed by atoms with Gasteiger partial charge in [0.05, 0.1) is 18.6 Å². The minimum absolute atomic E-state index is 0.197. The summed E-state index contributed by atoms with van der Waals surface area (Å²) in [5.74, 6) is 0.948. The molecule has 1 amide bonds. The van der Waals surface area contributed by atoms with Crippen molar-refractivity contribution in [2.45, 2.75) is 26.6 Å². The Morgan fingerprint density at radius 3 is 2.50 bits per heavy atom. The molecule has 1 N–H and O–H groups in total. The molecule has 8 heteroatoms. The van der Waals surface area contributed by atoms with Crippen LogP contribution in [0, 0.1) is 6.92 Å². The minimum Gasteiger partial charge on any atom is -0.465 e. The molecule has 0 saturated carbocycles. The van der Waals surface area contributed by atoms with E-state index in [1.54, 1.807) is 30.5 Å². The Balaban J connectivity index is 1.66. The fraction of sp³-hybridized carbons (Fsp3) is 0.182. The topological polar surface area (TPSA) is 99.1 Å². The third-order valence-corrected chi connectivity index (χ3v) is 4.73. The molecule has 152 valence electrons. The van der Waals surface area contributed by atoms with Crippen molar-refractivity contribution in [1.29, 1.82) is 0 Å². The van der Waals surface area contributed by atoms with Crippen molar-refractivity contribution in [3.05, 3.63) is 98.6 Å². The van der Waals surface area contributed by atoms with Gasteiger partial charge in [-0.1, -0.05) is 30.3 Å². The van der Waals surface area contributed by atoms with Crippen LogP contribution in [0.2, 0.25) is 0 Å². The van der Waals surface area contributed by atoms with Crippen LogP contribution in [0.25, 0.3) is 11.2 Å². The molecule has 0 unspecified atom stereocenters. The Labute approximate surface area is 171 Å². The average Bonchev–Trinajstić information content (AvgIpc) is 3.18. The zero-order valence-corrected chi connectivity index (χ0v) is 16.4. The summed E-state index contributed by atoms with van der Waals surface area (Å²) in [4.78, 5) is 42.4. The Morgan fingerprint density at radius 2 is 1.77 bits per heavy atom. The second-order valence-corrected chi connectivity index (χ2v) is 6.90. The normalized spacial score (nSPS) is 11.0. The first-order chi connectivity index (χ1) is 14.5. The van der Waals surface area contributed by atoms with Crippen molar-refractivity contribution >= 4 is 17.1 Å². The number of rotatable bonds is 6. The fourth-order valence-corrected chi connectivity index (χ4v) is 3.28. The Morgan fingerprint density at radius 1 is 1.00 bits per heavy atom. The van der Waals surface area contributed by atoms with Crippen LogP contribution >= 0.6 is 0 Å². The van der Waals surface area contributed by atoms with Crippen LogP contribution in [0.1, 0.15) is 17.1 Å². The van der Waals surface area contributed by atoms with Crippen LogP contribution in [-0.2, 0) is 24.4 Å². The van der Waals surface area contributed by atoms with Gasteiger partial charge in [0, 0.05) is 6.20 Å². The number of carbonyl (C=O) groups excluding carboxylic acids is 1. The van der Waals surface area contributed by atoms with Gasteiger partial charge in [0.2, 0.25) is 5.91 Å². The van der Waals surface area contributed by atoms with E-state index in [9.17, 15) is 14.4 Å². The molecule has 0 radical (unpaired) electrons. The van der Waals surface area contributed by atoms with Crippen LogP contribution in [0.15, 0.2) is 74.8 Å². The number of aryl methyl sites for hydroxylation is 1. The highest BCUT2D eigenvalue weighted by molar-refractivity contribution is 5.78. The van der Waals surface area contributed by atoms with Crippen LogP contribution < -0.4 is 16.4 Å². The lowest BCUT2D eigenvalue weighted by molar-refractivity contribution is -0.121. The van der Waals surface area contributed by atoms with Gasteiger partial charge >= 0.3 is 11.1 Å². The lowest BCUT2D eigenvalue weighted by Crippen LogP contribution is -2.44. The van der Waals surface area contributed by atoms with Crippen LogP contribution in [0.4, 0.5) is 0 Å². The Kier molecular flexibility index (Phi) is 5.30. The van der Waals surface area contributed by atoms with E-state index in [4.69, 9.17) is 4.42 Å². The number of hydrogen-bond donors (Lipinski definition) is 1. The van der Waals surface area contributed by atoms with Crippen molar-refractivity contribution in [3.8, 4) is 0 Å². The number of nitrogens with zero attached hydrogens (tertiary/aromatic N) is 3. The molecular formula is C22H20N4O4. The molecular weight excluding hydrogens is 384 g/mol. The lowest BCUT2D eigenvalue weighted by Gasteiger charge is -2.14. The molecule has 0 fully saturated rings. The summed E-state index contributed by atoms with van der Waals surface area (Å²) in [6, 6.07) is 16.3. The quantitative estimate of drug-likeness (QED) is 0.494. The molecule has 30 heavy (non-hydrogen) atoms. The van der Waals surface area contributed by atoms with Gasteiger partial charge in [-0.3, -0.25) is 23.5 Å². The van der Waals surface area contributed by atoms with Gasteiger partial charge in [0.15, 0.2) is 5.65 Å². The summed E-state index contributed by atoms with van der Waals surface area (Å²) in [6.07, 6.45) is 1.55. The van der Waals surface area contributed by atoms with E-state index in [2.05, 4.69) is 10.3 Å². The molecule has 0 bridgehead atoms. The van der Waals surface area contributed by atoms with E-state index in [1.807, 2.05) is 37.3 Å². The average molecular weight is 404 g/mol. The molecule has 3 aromatic heterocycles. The van der Waals surface area contributed by atoms with Crippen LogP contribution in [0.3, 0.4) is 0 Å². The molecule has 4 rings (SSSR count). The monoisotopic (exact) mass is 404 g/mol. The SMILES string of the molecule is Cc1ccc(CNC(=O)Cn2c(=O)c(=O)n(Cc3ccccc3)c3ncccc32)o1. The minimum atomic E-state index is -0.768. The van der Waals surface area contributed by atoms with E-state index in [0.717, 1.165) is 15.9 Å². The number of carbonyl (C=O) groups is 1. The molecule has 0 atom stereocenters. The highest BCUT2D eigenvalue weighted by atomic mass is 16.3. The van der Waals surface area contributed by atoms with E-state index in [-0.39, 0.29) is 19.6 Å². The highest BCUT2D eigenvalue weighted by Gasteiger charge is 2.16. The predicted molar refractivity (Wildman–Crippen MR) is 111 cm³/mol. The molecule has 1 aromatic carbocycles. The van der Waals surface area contributed by atoms with Crippen molar-refractivity contribution in [1.82, 2.24) is 19.4 Å². The maximum absolute atomic E-state index is 12.8. The first kappa shape index (κ1) is 19.4. The van der Waals surface area contributed by atoms with Crippen molar-refractivity contribution < 1.29 is 9.21 Å². The largest absolute Gasteiger partial charge is 0.465 e. The molecule has 3 heterocycles.